The number of nitrogens with one attached hydrogen (secondary N) is 1. The largest absolute Gasteiger partial charge is 0.331 e. The highest BCUT2D eigenvalue weighted by molar-refractivity contribution is 7.71. The SMILES string of the molecule is CCc1cn(-c2ccccc2)c(=O)[nH]c1=S. The van der Waals surface area contributed by atoms with Crippen LogP contribution in [0.3, 0.4) is 0 Å². The van der Waals surface area contributed by atoms with Gasteiger partial charge in [-0.15, -0.1) is 0 Å². The Kier molecular flexibility index (Phi) is 3.01. The fourth-order valence-corrected chi connectivity index (χ4v) is 1.83. The first-order chi connectivity index (χ1) is 7.72. The van der Waals surface area contributed by atoms with Crippen LogP contribution in [0.5, 0.6) is 0 Å². The zero-order valence-corrected chi connectivity index (χ0v) is 9.75. The molecule has 2 rings (SSSR count). The summed E-state index contributed by atoms with van der Waals surface area (Å²) < 4.78 is 2.11. The van der Waals surface area contributed by atoms with Crippen molar-refractivity contribution in [2.24, 2.45) is 0 Å². The maximum Gasteiger partial charge on any atom is 0.331 e. The van der Waals surface area contributed by atoms with E-state index in [9.17, 15) is 4.79 Å². The molecular weight excluding hydrogens is 220 g/mol. The van der Waals surface area contributed by atoms with E-state index in [2.05, 4.69) is 4.98 Å². The minimum atomic E-state index is -0.201. The first-order valence-corrected chi connectivity index (χ1v) is 5.53. The third kappa shape index (κ3) is 1.97. The number of benzene rings is 1. The Morgan fingerprint density at radius 1 is 1.31 bits per heavy atom. The second-order valence-corrected chi connectivity index (χ2v) is 3.88. The molecule has 0 amide bonds. The second kappa shape index (κ2) is 4.45. The Bertz CT molecular complexity index is 598. The van der Waals surface area contributed by atoms with Crippen molar-refractivity contribution in [1.29, 1.82) is 0 Å². The van der Waals surface area contributed by atoms with Gasteiger partial charge in [0.2, 0.25) is 0 Å². The molecule has 3 nitrogen and oxygen atoms in total. The van der Waals surface area contributed by atoms with E-state index in [-0.39, 0.29) is 5.69 Å². The van der Waals surface area contributed by atoms with E-state index in [1.165, 1.54) is 0 Å². The van der Waals surface area contributed by atoms with Crippen molar-refractivity contribution in [1.82, 2.24) is 9.55 Å². The molecule has 1 aromatic heterocycles. The number of para-hydroxylation sites is 1. The van der Waals surface area contributed by atoms with Crippen LogP contribution in [-0.4, -0.2) is 9.55 Å². The molecule has 4 heteroatoms. The molecule has 0 aliphatic carbocycles. The molecule has 0 aliphatic heterocycles. The summed E-state index contributed by atoms with van der Waals surface area (Å²) in [4.78, 5) is 14.4. The lowest BCUT2D eigenvalue weighted by Crippen LogP contribution is -2.21. The number of hydrogen-bond acceptors (Lipinski definition) is 2. The van der Waals surface area contributed by atoms with Gasteiger partial charge in [-0.05, 0) is 18.6 Å². The zero-order chi connectivity index (χ0) is 11.5. The standard InChI is InChI=1S/C12H12N2OS/c1-2-9-8-14(12(15)13-11(9)16)10-6-4-3-5-7-10/h3-8H,2H2,1H3,(H,13,15,16). The van der Waals surface area contributed by atoms with E-state index in [1.54, 1.807) is 10.8 Å². The average molecular weight is 232 g/mol. The molecule has 82 valence electrons. The number of H-pyrrole nitrogens is 1. The molecule has 0 spiro atoms. The predicted molar refractivity (Wildman–Crippen MR) is 66.6 cm³/mol. The summed E-state index contributed by atoms with van der Waals surface area (Å²) in [6.07, 6.45) is 2.61. The molecule has 0 saturated carbocycles. The van der Waals surface area contributed by atoms with Crippen molar-refractivity contribution < 1.29 is 0 Å². The molecule has 0 saturated heterocycles. The molecule has 16 heavy (non-hydrogen) atoms. The average Bonchev–Trinajstić information content (AvgIpc) is 2.30. The Hall–Kier alpha value is -1.68. The summed E-state index contributed by atoms with van der Waals surface area (Å²) in [5, 5.41) is 0. The third-order valence-electron chi connectivity index (χ3n) is 2.43. The van der Waals surface area contributed by atoms with Gasteiger partial charge in [0.15, 0.2) is 0 Å². The molecule has 1 heterocycles. The van der Waals surface area contributed by atoms with E-state index in [0.717, 1.165) is 17.7 Å². The number of aromatic amines is 1. The minimum absolute atomic E-state index is 0.201. The zero-order valence-electron chi connectivity index (χ0n) is 8.93. The van der Waals surface area contributed by atoms with Gasteiger partial charge in [0, 0.05) is 11.8 Å². The van der Waals surface area contributed by atoms with Crippen LogP contribution in [0.15, 0.2) is 41.3 Å². The molecule has 0 aliphatic rings. The first kappa shape index (κ1) is 10.8. The summed E-state index contributed by atoms with van der Waals surface area (Å²) in [5.41, 5.74) is 1.61. The molecule has 0 atom stereocenters. The summed E-state index contributed by atoms with van der Waals surface area (Å²) in [6, 6.07) is 9.49. The van der Waals surface area contributed by atoms with Crippen LogP contribution in [-0.2, 0) is 6.42 Å². The maximum absolute atomic E-state index is 11.7. The Labute approximate surface area is 98.4 Å². The molecule has 1 N–H and O–H groups in total. The highest BCUT2D eigenvalue weighted by Gasteiger charge is 2.01. The van der Waals surface area contributed by atoms with Gasteiger partial charge in [-0.3, -0.25) is 9.55 Å². The van der Waals surface area contributed by atoms with Gasteiger partial charge in [-0.2, -0.15) is 0 Å². The quantitative estimate of drug-likeness (QED) is 0.808. The van der Waals surface area contributed by atoms with Gasteiger partial charge in [0.25, 0.3) is 0 Å². The van der Waals surface area contributed by atoms with Crippen LogP contribution in [0.1, 0.15) is 12.5 Å². The van der Waals surface area contributed by atoms with Crippen LogP contribution in [0.2, 0.25) is 0 Å². The molecule has 1 aromatic carbocycles. The van der Waals surface area contributed by atoms with Gasteiger partial charge >= 0.3 is 5.69 Å². The summed E-state index contributed by atoms with van der Waals surface area (Å²) in [6.45, 7) is 2.01. The third-order valence-corrected chi connectivity index (χ3v) is 2.80. The van der Waals surface area contributed by atoms with Crippen molar-refractivity contribution >= 4 is 12.2 Å². The van der Waals surface area contributed by atoms with Crippen molar-refractivity contribution in [2.45, 2.75) is 13.3 Å². The van der Waals surface area contributed by atoms with E-state index < -0.39 is 0 Å². The number of nitrogens with zero attached hydrogens (tertiary/aromatic N) is 1. The lowest BCUT2D eigenvalue weighted by atomic mass is 10.2. The van der Waals surface area contributed by atoms with E-state index in [1.807, 2.05) is 37.3 Å². The fraction of sp³-hybridized carbons (Fsp3) is 0.167. The number of hydrogen-bond donors (Lipinski definition) is 1. The fourth-order valence-electron chi connectivity index (χ4n) is 1.54. The van der Waals surface area contributed by atoms with E-state index >= 15 is 0 Å². The van der Waals surface area contributed by atoms with Crippen molar-refractivity contribution in [2.75, 3.05) is 0 Å². The van der Waals surface area contributed by atoms with Gasteiger partial charge in [-0.1, -0.05) is 37.3 Å². The summed E-state index contributed by atoms with van der Waals surface area (Å²) in [5.74, 6) is 0. The van der Waals surface area contributed by atoms with Gasteiger partial charge in [0.1, 0.15) is 4.64 Å². The number of aryl methyl sites for hydroxylation is 1. The van der Waals surface area contributed by atoms with Gasteiger partial charge < -0.3 is 0 Å². The molecule has 0 bridgehead atoms. The molecule has 0 fully saturated rings. The number of rotatable bonds is 2. The van der Waals surface area contributed by atoms with Gasteiger partial charge in [0.05, 0.1) is 5.69 Å². The highest BCUT2D eigenvalue weighted by atomic mass is 32.1. The summed E-state index contributed by atoms with van der Waals surface area (Å²) in [7, 11) is 0. The minimum Gasteiger partial charge on any atom is -0.298 e. The lowest BCUT2D eigenvalue weighted by Gasteiger charge is -2.06. The Morgan fingerprint density at radius 2 is 2.00 bits per heavy atom. The first-order valence-electron chi connectivity index (χ1n) is 5.12. The topological polar surface area (TPSA) is 37.8 Å². The molecule has 2 aromatic rings. The maximum atomic E-state index is 11.7. The van der Waals surface area contributed by atoms with Crippen molar-refractivity contribution in [3.8, 4) is 5.69 Å². The van der Waals surface area contributed by atoms with Crippen LogP contribution >= 0.6 is 12.2 Å². The lowest BCUT2D eigenvalue weighted by molar-refractivity contribution is 0.874. The Balaban J connectivity index is 2.67. The van der Waals surface area contributed by atoms with Crippen LogP contribution in [0.4, 0.5) is 0 Å². The van der Waals surface area contributed by atoms with Gasteiger partial charge in [-0.25, -0.2) is 4.79 Å². The Morgan fingerprint density at radius 3 is 2.62 bits per heavy atom. The number of aromatic nitrogens is 2. The predicted octanol–water partition coefficient (Wildman–Crippen LogP) is 2.46. The van der Waals surface area contributed by atoms with Crippen LogP contribution < -0.4 is 5.69 Å². The van der Waals surface area contributed by atoms with Crippen LogP contribution in [0.25, 0.3) is 5.69 Å². The molecular formula is C12H12N2OS. The molecule has 0 unspecified atom stereocenters. The van der Waals surface area contributed by atoms with Crippen LogP contribution in [0, 0.1) is 4.64 Å². The van der Waals surface area contributed by atoms with E-state index in [0.29, 0.717) is 4.64 Å². The highest BCUT2D eigenvalue weighted by Crippen LogP contribution is 2.06. The normalized spacial score (nSPS) is 10.3. The smallest absolute Gasteiger partial charge is 0.298 e. The monoisotopic (exact) mass is 232 g/mol. The molecule has 0 radical (unpaired) electrons. The summed E-state index contributed by atoms with van der Waals surface area (Å²) >= 11 is 5.08. The van der Waals surface area contributed by atoms with E-state index in [4.69, 9.17) is 12.2 Å². The van der Waals surface area contributed by atoms with Crippen molar-refractivity contribution in [3.05, 3.63) is 57.2 Å². The second-order valence-electron chi connectivity index (χ2n) is 3.47. The van der Waals surface area contributed by atoms with Crippen molar-refractivity contribution in [3.63, 3.8) is 0 Å².